The molecule has 2 heterocycles. The molecule has 2 aromatic heterocycles. The van der Waals surface area contributed by atoms with E-state index in [1.54, 1.807) is 36.7 Å². The van der Waals surface area contributed by atoms with Crippen LogP contribution in [0, 0.1) is 11.3 Å². The standard InChI is InChI=1S/C30H29N5O2/c1-3-21-15-25(30(4-2,29(36)37)35-26-11-9-22(18-31)10-12-26)17-27(16-21)34-28(23-7-5-13-32-19-23)24-8-6-14-33-20-24/h5-17,19-20,28,34-35H,3-4H2,1-2H3,(H,36,37). The number of aliphatic carboxylic acids is 1. The minimum Gasteiger partial charge on any atom is -0.479 e. The van der Waals surface area contributed by atoms with Crippen molar-refractivity contribution in [3.05, 3.63) is 119 Å². The van der Waals surface area contributed by atoms with Crippen LogP contribution in [0.1, 0.15) is 54.1 Å². The fourth-order valence-corrected chi connectivity index (χ4v) is 4.41. The van der Waals surface area contributed by atoms with Crippen LogP contribution >= 0.6 is 0 Å². The molecule has 0 radical (unpaired) electrons. The third-order valence-electron chi connectivity index (χ3n) is 6.51. The number of nitrogens with one attached hydrogen (secondary N) is 2. The van der Waals surface area contributed by atoms with Crippen LogP contribution in [0.4, 0.5) is 11.4 Å². The van der Waals surface area contributed by atoms with E-state index in [9.17, 15) is 9.90 Å². The number of anilines is 2. The molecule has 0 aliphatic heterocycles. The maximum absolute atomic E-state index is 12.8. The zero-order valence-corrected chi connectivity index (χ0v) is 20.8. The monoisotopic (exact) mass is 491 g/mol. The maximum atomic E-state index is 12.8. The molecule has 4 rings (SSSR count). The largest absolute Gasteiger partial charge is 0.479 e. The highest BCUT2D eigenvalue weighted by Crippen LogP contribution is 2.35. The summed E-state index contributed by atoms with van der Waals surface area (Å²) in [7, 11) is 0. The summed E-state index contributed by atoms with van der Waals surface area (Å²) in [5.41, 5.74) is 4.16. The molecule has 0 aliphatic carbocycles. The van der Waals surface area contributed by atoms with Gasteiger partial charge in [-0.2, -0.15) is 5.26 Å². The van der Waals surface area contributed by atoms with Crippen molar-refractivity contribution in [3.8, 4) is 6.07 Å². The molecule has 0 aliphatic rings. The van der Waals surface area contributed by atoms with Crippen LogP contribution < -0.4 is 10.6 Å². The number of pyridine rings is 2. The van der Waals surface area contributed by atoms with Gasteiger partial charge in [-0.05, 0) is 83.6 Å². The Kier molecular flexibility index (Phi) is 7.80. The highest BCUT2D eigenvalue weighted by molar-refractivity contribution is 5.85. The van der Waals surface area contributed by atoms with E-state index in [4.69, 9.17) is 5.26 Å². The van der Waals surface area contributed by atoms with Crippen molar-refractivity contribution in [3.63, 3.8) is 0 Å². The van der Waals surface area contributed by atoms with Crippen LogP contribution in [0.25, 0.3) is 0 Å². The van der Waals surface area contributed by atoms with Crippen LogP contribution in [0.5, 0.6) is 0 Å². The number of carbonyl (C=O) groups is 1. The first-order valence-corrected chi connectivity index (χ1v) is 12.2. The summed E-state index contributed by atoms with van der Waals surface area (Å²) in [4.78, 5) is 21.4. The first-order chi connectivity index (χ1) is 18.0. The van der Waals surface area contributed by atoms with Crippen LogP contribution in [0.2, 0.25) is 0 Å². The van der Waals surface area contributed by atoms with Crippen LogP contribution in [-0.2, 0) is 16.8 Å². The topological polar surface area (TPSA) is 111 Å². The van der Waals surface area contributed by atoms with Crippen molar-refractivity contribution in [2.75, 3.05) is 10.6 Å². The molecular weight excluding hydrogens is 462 g/mol. The summed E-state index contributed by atoms with van der Waals surface area (Å²) in [5.74, 6) is -0.977. The van der Waals surface area contributed by atoms with Gasteiger partial charge in [0, 0.05) is 36.2 Å². The Morgan fingerprint density at radius 2 is 1.62 bits per heavy atom. The van der Waals surface area contributed by atoms with Gasteiger partial charge >= 0.3 is 5.97 Å². The van der Waals surface area contributed by atoms with Gasteiger partial charge in [-0.1, -0.05) is 32.0 Å². The second kappa shape index (κ2) is 11.4. The lowest BCUT2D eigenvalue weighted by atomic mass is 9.85. The van der Waals surface area contributed by atoms with Gasteiger partial charge < -0.3 is 15.7 Å². The van der Waals surface area contributed by atoms with E-state index in [1.165, 1.54) is 0 Å². The number of carboxylic acid groups (broad SMARTS) is 1. The quantitative estimate of drug-likeness (QED) is 0.253. The Bertz CT molecular complexity index is 1350. The second-order valence-corrected chi connectivity index (χ2v) is 8.80. The van der Waals surface area contributed by atoms with E-state index in [2.05, 4.69) is 26.7 Å². The molecule has 4 aromatic rings. The SMILES string of the molecule is CCc1cc(NC(c2cccnc2)c2cccnc2)cc(C(CC)(Nc2ccc(C#N)cc2)C(=O)O)c1. The number of hydrogen-bond acceptors (Lipinski definition) is 6. The molecule has 0 bridgehead atoms. The molecule has 0 saturated heterocycles. The summed E-state index contributed by atoms with van der Waals surface area (Å²) in [6, 6.07) is 22.4. The highest BCUT2D eigenvalue weighted by Gasteiger charge is 2.39. The predicted molar refractivity (Wildman–Crippen MR) is 144 cm³/mol. The summed E-state index contributed by atoms with van der Waals surface area (Å²) < 4.78 is 0. The van der Waals surface area contributed by atoms with Crippen molar-refractivity contribution in [2.45, 2.75) is 38.3 Å². The Balaban J connectivity index is 1.78. The summed E-state index contributed by atoms with van der Waals surface area (Å²) >= 11 is 0. The number of benzene rings is 2. The Hall–Kier alpha value is -4.70. The fraction of sp³-hybridized carbons (Fsp3) is 0.200. The smallest absolute Gasteiger partial charge is 0.334 e. The van der Waals surface area contributed by atoms with Gasteiger partial charge in [-0.15, -0.1) is 0 Å². The van der Waals surface area contributed by atoms with Gasteiger partial charge in [0.2, 0.25) is 0 Å². The van der Waals surface area contributed by atoms with E-state index < -0.39 is 11.5 Å². The zero-order chi connectivity index (χ0) is 26.3. The fourth-order valence-electron chi connectivity index (χ4n) is 4.41. The number of aryl methyl sites for hydroxylation is 1. The third-order valence-corrected chi connectivity index (χ3v) is 6.51. The van der Waals surface area contributed by atoms with Gasteiger partial charge in [-0.3, -0.25) is 9.97 Å². The van der Waals surface area contributed by atoms with E-state index >= 15 is 0 Å². The molecule has 1 unspecified atom stereocenters. The number of nitrogens with zero attached hydrogens (tertiary/aromatic N) is 3. The van der Waals surface area contributed by atoms with Gasteiger partial charge in [0.05, 0.1) is 17.7 Å². The molecule has 3 N–H and O–H groups in total. The minimum absolute atomic E-state index is 0.227. The molecule has 0 saturated carbocycles. The van der Waals surface area contributed by atoms with E-state index in [0.717, 1.165) is 28.8 Å². The molecule has 0 spiro atoms. The molecule has 0 amide bonds. The number of nitriles is 1. The predicted octanol–water partition coefficient (Wildman–Crippen LogP) is 5.91. The van der Waals surface area contributed by atoms with Gasteiger partial charge in [0.1, 0.15) is 0 Å². The lowest BCUT2D eigenvalue weighted by Crippen LogP contribution is -2.43. The average molecular weight is 492 g/mol. The zero-order valence-electron chi connectivity index (χ0n) is 20.8. The van der Waals surface area contributed by atoms with Gasteiger partial charge in [-0.25, -0.2) is 4.79 Å². The molecular formula is C30H29N5O2. The van der Waals surface area contributed by atoms with Crippen molar-refractivity contribution >= 4 is 17.3 Å². The molecule has 7 heteroatoms. The minimum atomic E-state index is -1.37. The lowest BCUT2D eigenvalue weighted by Gasteiger charge is -2.32. The van der Waals surface area contributed by atoms with Crippen molar-refractivity contribution in [2.24, 2.45) is 0 Å². The van der Waals surface area contributed by atoms with Crippen LogP contribution in [0.3, 0.4) is 0 Å². The summed E-state index contributed by atoms with van der Waals surface area (Å²) in [5, 5.41) is 26.5. The first kappa shape index (κ1) is 25.4. The molecule has 7 nitrogen and oxygen atoms in total. The lowest BCUT2D eigenvalue weighted by molar-refractivity contribution is -0.142. The summed E-state index contributed by atoms with van der Waals surface area (Å²) in [6.45, 7) is 3.90. The van der Waals surface area contributed by atoms with Crippen molar-refractivity contribution in [1.82, 2.24) is 9.97 Å². The van der Waals surface area contributed by atoms with Crippen molar-refractivity contribution < 1.29 is 9.90 Å². The Labute approximate surface area is 216 Å². The Morgan fingerprint density at radius 3 is 2.11 bits per heavy atom. The number of hydrogen-bond donors (Lipinski definition) is 3. The molecule has 2 aromatic carbocycles. The maximum Gasteiger partial charge on any atom is 0.334 e. The van der Waals surface area contributed by atoms with E-state index in [1.807, 2.05) is 68.7 Å². The average Bonchev–Trinajstić information content (AvgIpc) is 2.95. The normalized spacial score (nSPS) is 12.4. The number of carboxylic acids is 1. The third kappa shape index (κ3) is 5.60. The molecule has 37 heavy (non-hydrogen) atoms. The number of rotatable bonds is 10. The summed E-state index contributed by atoms with van der Waals surface area (Å²) in [6.07, 6.45) is 8.14. The Morgan fingerprint density at radius 1 is 0.973 bits per heavy atom. The van der Waals surface area contributed by atoms with Gasteiger partial charge in [0.15, 0.2) is 5.54 Å². The van der Waals surface area contributed by atoms with Crippen LogP contribution in [-0.4, -0.2) is 21.0 Å². The molecule has 186 valence electrons. The highest BCUT2D eigenvalue weighted by atomic mass is 16.4. The molecule has 1 atom stereocenters. The molecule has 0 fully saturated rings. The van der Waals surface area contributed by atoms with Crippen LogP contribution in [0.15, 0.2) is 91.5 Å². The van der Waals surface area contributed by atoms with E-state index in [-0.39, 0.29) is 6.04 Å². The van der Waals surface area contributed by atoms with Crippen molar-refractivity contribution in [1.29, 1.82) is 5.26 Å². The van der Waals surface area contributed by atoms with E-state index in [0.29, 0.717) is 23.2 Å². The van der Waals surface area contributed by atoms with Gasteiger partial charge in [0.25, 0.3) is 0 Å². The number of aromatic nitrogens is 2. The first-order valence-electron chi connectivity index (χ1n) is 12.2. The second-order valence-electron chi connectivity index (χ2n) is 8.80.